The molecule has 3 aromatic rings. The number of hydrogen-bond donors (Lipinski definition) is 1. The first-order valence-electron chi connectivity index (χ1n) is 8.03. The van der Waals surface area contributed by atoms with Crippen LogP contribution in [-0.4, -0.2) is 29.3 Å². The van der Waals surface area contributed by atoms with E-state index in [2.05, 4.69) is 34.6 Å². The van der Waals surface area contributed by atoms with Crippen LogP contribution in [0.2, 0.25) is 0 Å². The third-order valence-electron chi connectivity index (χ3n) is 3.81. The van der Waals surface area contributed by atoms with E-state index in [0.717, 1.165) is 12.0 Å². The summed E-state index contributed by atoms with van der Waals surface area (Å²) in [4.78, 5) is 11.9. The average Bonchev–Trinajstić information content (AvgIpc) is 3.17. The molecule has 25 heavy (non-hydrogen) atoms. The molecule has 1 N–H and O–H groups in total. The van der Waals surface area contributed by atoms with Gasteiger partial charge >= 0.3 is 0 Å². The molecule has 0 aliphatic heterocycles. The Labute approximate surface area is 145 Å². The number of hydrogen-bond acceptors (Lipinski definition) is 5. The molecule has 0 aliphatic carbocycles. The molecule has 0 aliphatic rings. The molecule has 0 unspecified atom stereocenters. The number of ether oxygens (including phenoxy) is 1. The third-order valence-corrected chi connectivity index (χ3v) is 3.81. The molecule has 128 valence electrons. The largest absolute Gasteiger partial charge is 0.484 e. The average molecular weight is 337 g/mol. The molecule has 2 aromatic carbocycles. The Hall–Kier alpha value is -3.15. The molecule has 0 radical (unpaired) electrons. The fourth-order valence-corrected chi connectivity index (χ4v) is 2.42. The number of amides is 1. The van der Waals surface area contributed by atoms with Crippen LogP contribution < -0.4 is 10.1 Å². The SMILES string of the molecule is Cc1ccccc1CCNC(=O)COc1ccc(-c2nnco2)cc1. The predicted molar refractivity (Wildman–Crippen MR) is 93.1 cm³/mol. The van der Waals surface area contributed by atoms with Crippen molar-refractivity contribution in [3.05, 3.63) is 66.1 Å². The molecule has 0 saturated carbocycles. The van der Waals surface area contributed by atoms with Gasteiger partial charge in [-0.1, -0.05) is 24.3 Å². The highest BCUT2D eigenvalue weighted by atomic mass is 16.5. The summed E-state index contributed by atoms with van der Waals surface area (Å²) in [7, 11) is 0. The van der Waals surface area contributed by atoms with Gasteiger partial charge in [0.25, 0.3) is 5.91 Å². The van der Waals surface area contributed by atoms with E-state index < -0.39 is 0 Å². The van der Waals surface area contributed by atoms with Gasteiger partial charge < -0.3 is 14.5 Å². The molecule has 0 fully saturated rings. The maximum absolute atomic E-state index is 11.9. The Balaban J connectivity index is 1.42. The van der Waals surface area contributed by atoms with Gasteiger partial charge in [0, 0.05) is 12.1 Å². The van der Waals surface area contributed by atoms with E-state index in [1.54, 1.807) is 24.3 Å². The number of rotatable bonds is 7. The monoisotopic (exact) mass is 337 g/mol. The molecule has 0 spiro atoms. The summed E-state index contributed by atoms with van der Waals surface area (Å²) in [6.07, 6.45) is 2.08. The summed E-state index contributed by atoms with van der Waals surface area (Å²) < 4.78 is 10.6. The minimum atomic E-state index is -0.144. The van der Waals surface area contributed by atoms with Crippen LogP contribution in [0.1, 0.15) is 11.1 Å². The summed E-state index contributed by atoms with van der Waals surface area (Å²) in [5.41, 5.74) is 3.27. The van der Waals surface area contributed by atoms with Crippen molar-refractivity contribution < 1.29 is 13.9 Å². The number of carbonyl (C=O) groups is 1. The van der Waals surface area contributed by atoms with Crippen LogP contribution in [0.3, 0.4) is 0 Å². The van der Waals surface area contributed by atoms with E-state index in [9.17, 15) is 4.79 Å². The van der Waals surface area contributed by atoms with E-state index in [-0.39, 0.29) is 12.5 Å². The Kier molecular flexibility index (Phi) is 5.41. The van der Waals surface area contributed by atoms with Crippen molar-refractivity contribution >= 4 is 5.91 Å². The molecule has 3 rings (SSSR count). The van der Waals surface area contributed by atoms with Crippen molar-refractivity contribution in [2.24, 2.45) is 0 Å². The normalized spacial score (nSPS) is 10.4. The highest BCUT2D eigenvalue weighted by molar-refractivity contribution is 5.77. The Morgan fingerprint density at radius 2 is 1.96 bits per heavy atom. The van der Waals surface area contributed by atoms with Gasteiger partial charge in [0.15, 0.2) is 6.61 Å². The van der Waals surface area contributed by atoms with Gasteiger partial charge in [0.2, 0.25) is 12.3 Å². The second kappa shape index (κ2) is 8.10. The maximum Gasteiger partial charge on any atom is 0.257 e. The molecule has 6 heteroatoms. The van der Waals surface area contributed by atoms with Gasteiger partial charge in [-0.15, -0.1) is 10.2 Å². The van der Waals surface area contributed by atoms with Crippen molar-refractivity contribution in [2.75, 3.05) is 13.2 Å². The van der Waals surface area contributed by atoms with Gasteiger partial charge in [-0.3, -0.25) is 4.79 Å². The zero-order chi connectivity index (χ0) is 17.5. The second-order valence-corrected chi connectivity index (χ2v) is 5.58. The van der Waals surface area contributed by atoms with E-state index in [1.165, 1.54) is 17.5 Å². The first kappa shape index (κ1) is 16.7. The van der Waals surface area contributed by atoms with E-state index in [4.69, 9.17) is 9.15 Å². The zero-order valence-electron chi connectivity index (χ0n) is 13.9. The topological polar surface area (TPSA) is 77.2 Å². The standard InChI is InChI=1S/C19H19N3O3/c1-14-4-2-3-5-15(14)10-11-20-18(23)12-24-17-8-6-16(7-9-17)19-22-21-13-25-19/h2-9,13H,10-12H2,1H3,(H,20,23). The molecule has 0 atom stereocenters. The van der Waals surface area contributed by atoms with Crippen LogP contribution >= 0.6 is 0 Å². The van der Waals surface area contributed by atoms with Crippen molar-refractivity contribution in [1.82, 2.24) is 15.5 Å². The van der Waals surface area contributed by atoms with Crippen molar-refractivity contribution in [2.45, 2.75) is 13.3 Å². The number of aromatic nitrogens is 2. The van der Waals surface area contributed by atoms with Crippen molar-refractivity contribution in [3.63, 3.8) is 0 Å². The highest BCUT2D eigenvalue weighted by Crippen LogP contribution is 2.20. The van der Waals surface area contributed by atoms with Gasteiger partial charge in [-0.2, -0.15) is 0 Å². The second-order valence-electron chi connectivity index (χ2n) is 5.58. The lowest BCUT2D eigenvalue weighted by molar-refractivity contribution is -0.123. The fraction of sp³-hybridized carbons (Fsp3) is 0.211. The Morgan fingerprint density at radius 1 is 1.16 bits per heavy atom. The molecular formula is C19H19N3O3. The summed E-state index contributed by atoms with van der Waals surface area (Å²) in [6, 6.07) is 15.3. The molecule has 6 nitrogen and oxygen atoms in total. The van der Waals surface area contributed by atoms with Crippen LogP contribution in [0, 0.1) is 6.92 Å². The molecule has 1 amide bonds. The predicted octanol–water partition coefficient (Wildman–Crippen LogP) is 2.78. The number of aryl methyl sites for hydroxylation is 1. The zero-order valence-corrected chi connectivity index (χ0v) is 13.9. The van der Waals surface area contributed by atoms with Crippen LogP contribution in [0.5, 0.6) is 5.75 Å². The Bertz CT molecular complexity index is 814. The van der Waals surface area contributed by atoms with Crippen LogP contribution in [0.4, 0.5) is 0 Å². The molecular weight excluding hydrogens is 318 g/mol. The number of nitrogens with one attached hydrogen (secondary N) is 1. The van der Waals surface area contributed by atoms with Gasteiger partial charge in [-0.25, -0.2) is 0 Å². The smallest absolute Gasteiger partial charge is 0.257 e. The van der Waals surface area contributed by atoms with Crippen LogP contribution in [0.25, 0.3) is 11.5 Å². The molecule has 1 heterocycles. The fourth-order valence-electron chi connectivity index (χ4n) is 2.42. The molecule has 1 aromatic heterocycles. The maximum atomic E-state index is 11.9. The van der Waals surface area contributed by atoms with E-state index >= 15 is 0 Å². The minimum absolute atomic E-state index is 0.0202. The Morgan fingerprint density at radius 3 is 2.68 bits per heavy atom. The lowest BCUT2D eigenvalue weighted by atomic mass is 10.1. The first-order chi connectivity index (χ1) is 12.2. The van der Waals surface area contributed by atoms with Crippen molar-refractivity contribution in [1.29, 1.82) is 0 Å². The third kappa shape index (κ3) is 4.67. The molecule has 0 bridgehead atoms. The molecule has 0 saturated heterocycles. The lowest BCUT2D eigenvalue weighted by Crippen LogP contribution is -2.30. The number of benzene rings is 2. The summed E-state index contributed by atoms with van der Waals surface area (Å²) >= 11 is 0. The van der Waals surface area contributed by atoms with Gasteiger partial charge in [0.1, 0.15) is 5.75 Å². The van der Waals surface area contributed by atoms with Gasteiger partial charge in [0.05, 0.1) is 0 Å². The minimum Gasteiger partial charge on any atom is -0.484 e. The van der Waals surface area contributed by atoms with E-state index in [1.807, 2.05) is 12.1 Å². The number of carbonyl (C=O) groups excluding carboxylic acids is 1. The number of nitrogens with zero attached hydrogens (tertiary/aromatic N) is 2. The van der Waals surface area contributed by atoms with Crippen LogP contribution in [0.15, 0.2) is 59.3 Å². The summed E-state index contributed by atoms with van der Waals surface area (Å²) in [5, 5.41) is 10.3. The summed E-state index contributed by atoms with van der Waals surface area (Å²) in [6.45, 7) is 2.63. The lowest BCUT2D eigenvalue weighted by Gasteiger charge is -2.09. The first-order valence-corrected chi connectivity index (χ1v) is 8.03. The van der Waals surface area contributed by atoms with E-state index in [0.29, 0.717) is 18.2 Å². The van der Waals surface area contributed by atoms with Crippen molar-refractivity contribution in [3.8, 4) is 17.2 Å². The quantitative estimate of drug-likeness (QED) is 0.717. The highest BCUT2D eigenvalue weighted by Gasteiger charge is 2.06. The van der Waals surface area contributed by atoms with Gasteiger partial charge in [-0.05, 0) is 48.7 Å². The van der Waals surface area contributed by atoms with Crippen LogP contribution in [-0.2, 0) is 11.2 Å². The summed E-state index contributed by atoms with van der Waals surface area (Å²) in [5.74, 6) is 0.910.